The Labute approximate surface area is 58.3 Å². The molecule has 0 fully saturated rings. The number of imidazole rings is 1. The lowest BCUT2D eigenvalue weighted by atomic mass is 10.4. The quantitative estimate of drug-likeness (QED) is 0.533. The van der Waals surface area contributed by atoms with Crippen LogP contribution in [0.15, 0.2) is 24.7 Å². The molecule has 0 spiro atoms. The average Bonchev–Trinajstić information content (AvgIpc) is 2.34. The standard InChI is InChI=1S/C7H5N3/c1-10-5-9-7-6(10)3-2-4-8-7/h1-5H. The monoisotopic (exact) mass is 131 g/mol. The number of hydrogen-bond acceptors (Lipinski definition) is 2. The first-order valence-electron chi connectivity index (χ1n) is 2.91. The van der Waals surface area contributed by atoms with Gasteiger partial charge in [0.2, 0.25) is 0 Å². The molecule has 0 unspecified atom stereocenters. The van der Waals surface area contributed by atoms with Crippen LogP contribution >= 0.6 is 0 Å². The van der Waals surface area contributed by atoms with Gasteiger partial charge in [-0.15, -0.1) is 0 Å². The number of nitrogens with zero attached hydrogens (tertiary/aromatic N) is 3. The molecule has 0 aromatic carbocycles. The highest BCUT2D eigenvalue weighted by atomic mass is 15.0. The molecule has 2 heterocycles. The maximum atomic E-state index is 5.49. The van der Waals surface area contributed by atoms with Crippen LogP contribution < -0.4 is 0 Å². The van der Waals surface area contributed by atoms with E-state index < -0.39 is 0 Å². The molecule has 0 aliphatic heterocycles. The molecule has 3 heteroatoms. The summed E-state index contributed by atoms with van der Waals surface area (Å²) in [4.78, 5) is 7.94. The normalized spacial score (nSPS) is 10.5. The van der Waals surface area contributed by atoms with E-state index in [9.17, 15) is 0 Å². The van der Waals surface area contributed by atoms with Gasteiger partial charge in [0.1, 0.15) is 0 Å². The lowest BCUT2D eigenvalue weighted by Gasteiger charge is -1.88. The predicted octanol–water partition coefficient (Wildman–Crippen LogP) is 0.948. The molecular formula is C7H5N3. The summed E-state index contributed by atoms with van der Waals surface area (Å²) in [5.41, 5.74) is 1.53. The number of pyridine rings is 1. The molecule has 0 N–H and O–H groups in total. The van der Waals surface area contributed by atoms with E-state index in [2.05, 4.69) is 9.97 Å². The van der Waals surface area contributed by atoms with Crippen molar-refractivity contribution >= 4 is 11.2 Å². The topological polar surface area (TPSA) is 30.7 Å². The molecule has 0 aliphatic rings. The Balaban J connectivity index is 2.93. The highest BCUT2D eigenvalue weighted by Crippen LogP contribution is 2.06. The van der Waals surface area contributed by atoms with E-state index in [-0.39, 0.29) is 0 Å². The fraction of sp³-hybridized carbons (Fsp3) is 0. The van der Waals surface area contributed by atoms with Crippen LogP contribution in [0.4, 0.5) is 0 Å². The molecular weight excluding hydrogens is 126 g/mol. The van der Waals surface area contributed by atoms with Gasteiger partial charge in [-0.05, 0) is 12.1 Å². The largest absolute Gasteiger partial charge is 0.322 e. The van der Waals surface area contributed by atoms with Crippen LogP contribution in [0.1, 0.15) is 0 Å². The molecule has 10 heavy (non-hydrogen) atoms. The van der Waals surface area contributed by atoms with Crippen LogP contribution in [-0.4, -0.2) is 14.5 Å². The zero-order valence-corrected chi connectivity index (χ0v) is 5.23. The summed E-state index contributed by atoms with van der Waals surface area (Å²) >= 11 is 0. The van der Waals surface area contributed by atoms with Gasteiger partial charge in [0.25, 0.3) is 0 Å². The molecule has 2 rings (SSSR count). The summed E-state index contributed by atoms with van der Waals surface area (Å²) in [5.74, 6) is 0. The van der Waals surface area contributed by atoms with Gasteiger partial charge in [-0.25, -0.2) is 9.97 Å². The highest BCUT2D eigenvalue weighted by molar-refractivity contribution is 5.70. The van der Waals surface area contributed by atoms with E-state index in [0.29, 0.717) is 5.65 Å². The molecule has 0 aliphatic carbocycles. The van der Waals surface area contributed by atoms with Gasteiger partial charge in [0.05, 0.1) is 18.9 Å². The van der Waals surface area contributed by atoms with Crippen molar-refractivity contribution in [2.75, 3.05) is 0 Å². The minimum Gasteiger partial charge on any atom is -0.322 e. The third kappa shape index (κ3) is 0.603. The number of hydrogen-bond donors (Lipinski definition) is 0. The van der Waals surface area contributed by atoms with Crippen molar-refractivity contribution in [1.82, 2.24) is 14.5 Å². The minimum absolute atomic E-state index is 0.685. The Morgan fingerprint density at radius 1 is 1.40 bits per heavy atom. The lowest BCUT2D eigenvalue weighted by molar-refractivity contribution is 1.10. The minimum atomic E-state index is 0.685. The van der Waals surface area contributed by atoms with E-state index in [4.69, 9.17) is 7.05 Å². The first-order valence-corrected chi connectivity index (χ1v) is 2.91. The smallest absolute Gasteiger partial charge is 0.177 e. The number of rotatable bonds is 0. The molecule has 2 aromatic heterocycles. The van der Waals surface area contributed by atoms with Crippen LogP contribution in [0, 0.1) is 7.05 Å². The molecule has 0 saturated heterocycles. The van der Waals surface area contributed by atoms with Crippen LogP contribution in [0.3, 0.4) is 0 Å². The van der Waals surface area contributed by atoms with Gasteiger partial charge in [-0.3, -0.25) is 0 Å². The zero-order valence-electron chi connectivity index (χ0n) is 5.23. The highest BCUT2D eigenvalue weighted by Gasteiger charge is 1.95. The first kappa shape index (κ1) is 5.41. The Kier molecular flexibility index (Phi) is 0.974. The van der Waals surface area contributed by atoms with E-state index in [0.717, 1.165) is 5.52 Å². The van der Waals surface area contributed by atoms with E-state index in [1.807, 2.05) is 12.1 Å². The van der Waals surface area contributed by atoms with Crippen molar-refractivity contribution in [1.29, 1.82) is 0 Å². The van der Waals surface area contributed by atoms with Crippen molar-refractivity contribution in [2.45, 2.75) is 0 Å². The van der Waals surface area contributed by atoms with Crippen LogP contribution in [0.5, 0.6) is 0 Å². The fourth-order valence-corrected chi connectivity index (χ4v) is 0.869. The average molecular weight is 131 g/mol. The van der Waals surface area contributed by atoms with E-state index in [1.165, 1.54) is 10.9 Å². The molecule has 0 saturated carbocycles. The van der Waals surface area contributed by atoms with Crippen LogP contribution in [0.2, 0.25) is 0 Å². The molecule has 0 amide bonds. The van der Waals surface area contributed by atoms with Gasteiger partial charge >= 0.3 is 0 Å². The number of aromatic nitrogens is 3. The molecule has 2 aromatic rings. The second-order valence-corrected chi connectivity index (χ2v) is 2.00. The SMILES string of the molecule is [CH]n1cnc2ncccc21. The Bertz CT molecular complexity index is 350. The third-order valence-corrected chi connectivity index (χ3v) is 1.35. The summed E-state index contributed by atoms with van der Waals surface area (Å²) in [6, 6.07) is 3.70. The van der Waals surface area contributed by atoms with Gasteiger partial charge < -0.3 is 4.57 Å². The third-order valence-electron chi connectivity index (χ3n) is 1.35. The maximum Gasteiger partial charge on any atom is 0.177 e. The Morgan fingerprint density at radius 2 is 2.30 bits per heavy atom. The fourth-order valence-electron chi connectivity index (χ4n) is 0.869. The summed E-state index contributed by atoms with van der Waals surface area (Å²) in [6.07, 6.45) is 3.23. The Hall–Kier alpha value is -1.38. The summed E-state index contributed by atoms with van der Waals surface area (Å²) in [7, 11) is 5.49. The van der Waals surface area contributed by atoms with Crippen LogP contribution in [-0.2, 0) is 0 Å². The van der Waals surface area contributed by atoms with Crippen molar-refractivity contribution in [2.24, 2.45) is 0 Å². The summed E-state index contributed by atoms with van der Waals surface area (Å²) in [6.45, 7) is 0. The molecule has 48 valence electrons. The Morgan fingerprint density at radius 3 is 3.10 bits per heavy atom. The van der Waals surface area contributed by atoms with Crippen molar-refractivity contribution in [3.63, 3.8) is 0 Å². The molecule has 0 atom stereocenters. The van der Waals surface area contributed by atoms with Gasteiger partial charge in [0, 0.05) is 6.20 Å². The van der Waals surface area contributed by atoms with Gasteiger partial charge in [-0.2, -0.15) is 0 Å². The molecule has 3 nitrogen and oxygen atoms in total. The van der Waals surface area contributed by atoms with Crippen LogP contribution in [0.25, 0.3) is 11.2 Å². The van der Waals surface area contributed by atoms with Crippen molar-refractivity contribution in [3.05, 3.63) is 31.7 Å². The van der Waals surface area contributed by atoms with E-state index >= 15 is 0 Å². The lowest BCUT2D eigenvalue weighted by Crippen LogP contribution is -1.80. The summed E-state index contributed by atoms with van der Waals surface area (Å²) in [5, 5.41) is 0. The first-order chi connectivity index (χ1) is 4.88. The zero-order chi connectivity index (χ0) is 6.97. The van der Waals surface area contributed by atoms with Crippen molar-refractivity contribution < 1.29 is 0 Å². The predicted molar refractivity (Wildman–Crippen MR) is 37.2 cm³/mol. The molecule has 2 radical (unpaired) electrons. The van der Waals surface area contributed by atoms with E-state index in [1.54, 1.807) is 6.20 Å². The second-order valence-electron chi connectivity index (χ2n) is 2.00. The summed E-state index contributed by atoms with van der Waals surface area (Å²) < 4.78 is 1.45. The number of fused-ring (bicyclic) bond motifs is 1. The van der Waals surface area contributed by atoms with Crippen molar-refractivity contribution in [3.8, 4) is 0 Å². The maximum absolute atomic E-state index is 5.49. The van der Waals surface area contributed by atoms with Gasteiger partial charge in [0.15, 0.2) is 5.65 Å². The second kappa shape index (κ2) is 1.80. The molecule has 0 bridgehead atoms. The van der Waals surface area contributed by atoms with Gasteiger partial charge in [-0.1, -0.05) is 0 Å².